The molecule has 0 heterocycles. The maximum atomic E-state index is 2.64. The molecule has 4 heteroatoms. The van der Waals surface area contributed by atoms with E-state index in [1.165, 1.54) is 88.9 Å². The van der Waals surface area contributed by atoms with Crippen LogP contribution in [0.2, 0.25) is 39.3 Å². The smallest absolute Gasteiger partial charge is 0.0579 e. The van der Waals surface area contributed by atoms with Gasteiger partial charge in [0, 0.05) is 38.8 Å². The van der Waals surface area contributed by atoms with Crippen molar-refractivity contribution in [3.63, 3.8) is 0 Å². The van der Waals surface area contributed by atoms with Crippen LogP contribution in [-0.2, 0) is 4.66 Å². The third kappa shape index (κ3) is 6.10. The van der Waals surface area contributed by atoms with Gasteiger partial charge < -0.3 is 9.80 Å². The van der Waals surface area contributed by atoms with Gasteiger partial charge >= 0.3 is 0 Å². The van der Waals surface area contributed by atoms with Gasteiger partial charge in [-0.1, -0.05) is 124 Å². The van der Waals surface area contributed by atoms with Crippen LogP contribution in [0.25, 0.3) is 32.7 Å². The van der Waals surface area contributed by atoms with Crippen LogP contribution in [0.1, 0.15) is 33.4 Å². The SMILES string of the molecule is Cc1ccc(N(c2ccccc2)c2ccc3c(c2)C([Si](C)(C)C)([Si](C)(C)C)c2c-3c3ccccc3c3cc(N(c4ccccc4)c4ccc(C)c(C)c4)ccc23)cc1C. The van der Waals surface area contributed by atoms with Crippen molar-refractivity contribution in [2.45, 2.75) is 71.6 Å². The van der Waals surface area contributed by atoms with Crippen LogP contribution in [0.4, 0.5) is 34.1 Å². The van der Waals surface area contributed by atoms with Crippen molar-refractivity contribution >= 4 is 71.8 Å². The fourth-order valence-electron chi connectivity index (χ4n) is 10.8. The molecule has 0 atom stereocenters. The molecule has 0 aromatic heterocycles. The van der Waals surface area contributed by atoms with E-state index in [0.717, 1.165) is 5.69 Å². The van der Waals surface area contributed by atoms with E-state index in [-0.39, 0.29) is 4.66 Å². The molecule has 294 valence electrons. The minimum absolute atomic E-state index is 0.0801. The van der Waals surface area contributed by atoms with Crippen LogP contribution in [0, 0.1) is 27.7 Å². The van der Waals surface area contributed by atoms with Crippen LogP contribution in [-0.4, -0.2) is 16.1 Å². The number of nitrogens with zero attached hydrogens (tertiary/aromatic N) is 2. The Morgan fingerprint density at radius 1 is 0.356 bits per heavy atom. The quantitative estimate of drug-likeness (QED) is 0.112. The topological polar surface area (TPSA) is 6.48 Å². The monoisotopic (exact) mass is 800 g/mol. The molecule has 0 aliphatic heterocycles. The Kier molecular flexibility index (Phi) is 9.37. The predicted octanol–water partition coefficient (Wildman–Crippen LogP) is 16.2. The highest BCUT2D eigenvalue weighted by Crippen LogP contribution is 2.62. The molecule has 0 amide bonds. The first-order valence-electron chi connectivity index (χ1n) is 21.2. The summed E-state index contributed by atoms with van der Waals surface area (Å²) in [5.41, 5.74) is 18.2. The lowest BCUT2D eigenvalue weighted by atomic mass is 9.91. The zero-order chi connectivity index (χ0) is 41.4. The molecule has 9 rings (SSSR count). The predicted molar refractivity (Wildman–Crippen MR) is 263 cm³/mol. The van der Waals surface area contributed by atoms with E-state index >= 15 is 0 Å². The number of anilines is 6. The number of hydrogen-bond donors (Lipinski definition) is 0. The van der Waals surface area contributed by atoms with E-state index < -0.39 is 16.1 Å². The Morgan fingerprint density at radius 3 is 1.31 bits per heavy atom. The fraction of sp³-hybridized carbons (Fsp3) is 0.200. The molecule has 0 saturated carbocycles. The lowest BCUT2D eigenvalue weighted by molar-refractivity contribution is 0.962. The first-order chi connectivity index (χ1) is 28.2. The zero-order valence-corrected chi connectivity index (χ0v) is 38.4. The molecule has 0 N–H and O–H groups in total. The highest BCUT2D eigenvalue weighted by Gasteiger charge is 2.60. The number of fused-ring (bicyclic) bond motifs is 8. The minimum Gasteiger partial charge on any atom is -0.310 e. The van der Waals surface area contributed by atoms with Gasteiger partial charge in [-0.05, 0) is 167 Å². The Morgan fingerprint density at radius 2 is 0.797 bits per heavy atom. The average Bonchev–Trinajstić information content (AvgIpc) is 3.54. The minimum atomic E-state index is -2.07. The summed E-state index contributed by atoms with van der Waals surface area (Å²) in [4.78, 5) is 4.91. The van der Waals surface area contributed by atoms with E-state index in [9.17, 15) is 0 Å². The molecular weight excluding hydrogens is 745 g/mol. The van der Waals surface area contributed by atoms with E-state index in [1.54, 1.807) is 5.56 Å². The highest BCUT2D eigenvalue weighted by molar-refractivity contribution is 7.00. The van der Waals surface area contributed by atoms with E-state index in [1.807, 2.05) is 0 Å². The third-order valence-electron chi connectivity index (χ3n) is 13.4. The number of rotatable bonds is 8. The summed E-state index contributed by atoms with van der Waals surface area (Å²) in [5.74, 6) is 0. The maximum absolute atomic E-state index is 2.64. The van der Waals surface area contributed by atoms with Gasteiger partial charge in [-0.2, -0.15) is 0 Å². The summed E-state index contributed by atoms with van der Waals surface area (Å²) in [6, 6.07) is 59.6. The molecule has 2 nitrogen and oxygen atoms in total. The second-order valence-electron chi connectivity index (χ2n) is 18.9. The molecule has 0 fully saturated rings. The van der Waals surface area contributed by atoms with Crippen LogP contribution in [0.3, 0.4) is 0 Å². The molecule has 1 aliphatic rings. The van der Waals surface area contributed by atoms with Crippen molar-refractivity contribution in [2.24, 2.45) is 0 Å². The molecule has 8 aromatic carbocycles. The lowest BCUT2D eigenvalue weighted by Gasteiger charge is -2.52. The zero-order valence-electron chi connectivity index (χ0n) is 36.4. The Balaban J connectivity index is 1.36. The van der Waals surface area contributed by atoms with Crippen LogP contribution in [0.5, 0.6) is 0 Å². The summed E-state index contributed by atoms with van der Waals surface area (Å²) in [7, 11) is -4.14. The summed E-state index contributed by atoms with van der Waals surface area (Å²) in [6.07, 6.45) is 0. The number of para-hydroxylation sites is 2. The second kappa shape index (κ2) is 14.3. The Labute approximate surface area is 353 Å². The van der Waals surface area contributed by atoms with Gasteiger partial charge in [-0.25, -0.2) is 0 Å². The number of hydrogen-bond acceptors (Lipinski definition) is 2. The highest BCUT2D eigenvalue weighted by atomic mass is 28.4. The third-order valence-corrected chi connectivity index (χ3v) is 23.4. The van der Waals surface area contributed by atoms with E-state index in [2.05, 4.69) is 235 Å². The largest absolute Gasteiger partial charge is 0.310 e. The van der Waals surface area contributed by atoms with Crippen molar-refractivity contribution < 1.29 is 0 Å². The van der Waals surface area contributed by atoms with Gasteiger partial charge in [0.2, 0.25) is 0 Å². The second-order valence-corrected chi connectivity index (χ2v) is 29.9. The average molecular weight is 801 g/mol. The van der Waals surface area contributed by atoms with Crippen molar-refractivity contribution in [3.8, 4) is 11.1 Å². The van der Waals surface area contributed by atoms with Crippen LogP contribution in [0.15, 0.2) is 158 Å². The van der Waals surface area contributed by atoms with Crippen molar-refractivity contribution in [1.82, 2.24) is 0 Å². The summed E-state index contributed by atoms with van der Waals surface area (Å²) >= 11 is 0. The summed E-state index contributed by atoms with van der Waals surface area (Å²) < 4.78 is -0.0801. The first kappa shape index (κ1) is 38.8. The Hall–Kier alpha value is -5.69. The summed E-state index contributed by atoms with van der Waals surface area (Å²) in [5, 5.41) is 5.39. The molecule has 0 spiro atoms. The summed E-state index contributed by atoms with van der Waals surface area (Å²) in [6.45, 7) is 24.7. The molecule has 0 unspecified atom stereocenters. The maximum Gasteiger partial charge on any atom is 0.0579 e. The number of benzene rings is 8. The first-order valence-corrected chi connectivity index (χ1v) is 28.2. The van der Waals surface area contributed by atoms with Crippen molar-refractivity contribution in [2.75, 3.05) is 9.80 Å². The van der Waals surface area contributed by atoms with Gasteiger partial charge in [-0.3, -0.25) is 0 Å². The molecule has 0 saturated heterocycles. The van der Waals surface area contributed by atoms with Crippen LogP contribution < -0.4 is 9.80 Å². The van der Waals surface area contributed by atoms with Crippen molar-refractivity contribution in [3.05, 3.63) is 191 Å². The fourth-order valence-corrected chi connectivity index (χ4v) is 23.8. The lowest BCUT2D eigenvalue weighted by Crippen LogP contribution is -2.63. The Bertz CT molecular complexity index is 2890. The van der Waals surface area contributed by atoms with E-state index in [0.29, 0.717) is 0 Å². The van der Waals surface area contributed by atoms with Gasteiger partial charge in [0.05, 0.1) is 16.1 Å². The van der Waals surface area contributed by atoms with Gasteiger partial charge in [0.1, 0.15) is 0 Å². The van der Waals surface area contributed by atoms with Gasteiger partial charge in [-0.15, -0.1) is 0 Å². The molecular formula is C55H56N2Si2. The van der Waals surface area contributed by atoms with E-state index in [4.69, 9.17) is 0 Å². The molecule has 0 radical (unpaired) electrons. The van der Waals surface area contributed by atoms with Gasteiger partial charge in [0.15, 0.2) is 0 Å². The molecule has 1 aliphatic carbocycles. The normalized spacial score (nSPS) is 13.4. The van der Waals surface area contributed by atoms with Gasteiger partial charge in [0.25, 0.3) is 0 Å². The molecule has 0 bridgehead atoms. The van der Waals surface area contributed by atoms with Crippen molar-refractivity contribution in [1.29, 1.82) is 0 Å². The van der Waals surface area contributed by atoms with Crippen LogP contribution >= 0.6 is 0 Å². The standard InChI is InChI=1S/C55H56N2Si2/c1-37-25-27-43(33-39(37)3)56(41-19-13-11-14-20-41)45-29-31-49-51(35-45)47-23-17-18-24-48(47)53-50-32-30-46(36-52(50)55(54(49)53,58(5,6)7)59(8,9)10)57(42-21-15-12-16-22-42)44-28-26-38(2)40(4)34-44/h11-36H,1-10H3. The molecule has 59 heavy (non-hydrogen) atoms. The molecule has 8 aromatic rings. The number of aryl methyl sites for hydroxylation is 4.